The van der Waals surface area contributed by atoms with Gasteiger partial charge in [0.05, 0.1) is 6.61 Å². The molecule has 1 aliphatic heterocycles. The van der Waals surface area contributed by atoms with Crippen LogP contribution in [0, 0.1) is 0 Å². The molecule has 0 saturated carbocycles. The Kier molecular flexibility index (Phi) is 3.28. The molecule has 2 rings (SSSR count). The fourth-order valence-electron chi connectivity index (χ4n) is 1.75. The van der Waals surface area contributed by atoms with Crippen molar-refractivity contribution in [1.82, 2.24) is 0 Å². The van der Waals surface area contributed by atoms with Crippen molar-refractivity contribution in [2.75, 3.05) is 6.61 Å². The molecule has 0 aromatic heterocycles. The molecular formula is C15H22O3. The van der Waals surface area contributed by atoms with Gasteiger partial charge in [-0.1, -0.05) is 0 Å². The Balaban J connectivity index is 1.99. The number of epoxide rings is 1. The van der Waals surface area contributed by atoms with Gasteiger partial charge in [-0.25, -0.2) is 0 Å². The zero-order chi connectivity index (χ0) is 13.4. The molecule has 100 valence electrons. The van der Waals surface area contributed by atoms with Crippen LogP contribution in [-0.4, -0.2) is 23.9 Å². The molecule has 18 heavy (non-hydrogen) atoms. The zero-order valence-electron chi connectivity index (χ0n) is 11.8. The first-order valence-corrected chi connectivity index (χ1v) is 6.36. The summed E-state index contributed by atoms with van der Waals surface area (Å²) >= 11 is 0. The van der Waals surface area contributed by atoms with Crippen LogP contribution in [0.4, 0.5) is 0 Å². The molecule has 1 fully saturated rings. The third-order valence-electron chi connectivity index (χ3n) is 2.74. The first kappa shape index (κ1) is 13.2. The number of hydrogen-bond acceptors (Lipinski definition) is 3. The number of rotatable bonds is 4. The quantitative estimate of drug-likeness (QED) is 0.767. The van der Waals surface area contributed by atoms with E-state index in [2.05, 4.69) is 0 Å². The van der Waals surface area contributed by atoms with Crippen LogP contribution in [0.5, 0.6) is 11.5 Å². The van der Waals surface area contributed by atoms with E-state index in [0.29, 0.717) is 0 Å². The topological polar surface area (TPSA) is 31.0 Å². The van der Waals surface area contributed by atoms with Crippen LogP contribution in [-0.2, 0) is 4.74 Å². The summed E-state index contributed by atoms with van der Waals surface area (Å²) in [6, 6.07) is 7.74. The van der Waals surface area contributed by atoms with Gasteiger partial charge in [0.1, 0.15) is 28.8 Å². The van der Waals surface area contributed by atoms with Gasteiger partial charge in [0.15, 0.2) is 0 Å². The van der Waals surface area contributed by atoms with E-state index < -0.39 is 0 Å². The van der Waals surface area contributed by atoms with Crippen molar-refractivity contribution in [3.05, 3.63) is 24.3 Å². The molecule has 0 radical (unpaired) electrons. The lowest BCUT2D eigenvalue weighted by molar-refractivity contribution is 0.0740. The van der Waals surface area contributed by atoms with E-state index >= 15 is 0 Å². The van der Waals surface area contributed by atoms with Crippen molar-refractivity contribution in [3.8, 4) is 11.5 Å². The van der Waals surface area contributed by atoms with Gasteiger partial charge in [-0.05, 0) is 58.9 Å². The molecule has 0 N–H and O–H groups in total. The van der Waals surface area contributed by atoms with Gasteiger partial charge in [-0.3, -0.25) is 0 Å². The zero-order valence-corrected chi connectivity index (χ0v) is 11.8. The van der Waals surface area contributed by atoms with E-state index in [4.69, 9.17) is 14.2 Å². The molecular weight excluding hydrogens is 228 g/mol. The average molecular weight is 250 g/mol. The molecule has 1 atom stereocenters. The highest BCUT2D eigenvalue weighted by molar-refractivity contribution is 5.32. The molecule has 3 heteroatoms. The molecule has 1 aromatic rings. The van der Waals surface area contributed by atoms with Crippen LogP contribution >= 0.6 is 0 Å². The number of benzene rings is 1. The smallest absolute Gasteiger partial charge is 0.132 e. The Morgan fingerprint density at radius 2 is 1.39 bits per heavy atom. The van der Waals surface area contributed by atoms with Gasteiger partial charge in [0.25, 0.3) is 0 Å². The van der Waals surface area contributed by atoms with Gasteiger partial charge >= 0.3 is 0 Å². The SMILES string of the molecule is CC(C)(C)Oc1ccc(OC(C)(C)C2CO2)cc1. The summed E-state index contributed by atoms with van der Waals surface area (Å²) in [6.45, 7) is 11.0. The predicted octanol–water partition coefficient (Wildman–Crippen LogP) is 3.42. The molecule has 1 saturated heterocycles. The summed E-state index contributed by atoms with van der Waals surface area (Å²) in [4.78, 5) is 0. The van der Waals surface area contributed by atoms with Gasteiger partial charge in [-0.2, -0.15) is 0 Å². The third-order valence-corrected chi connectivity index (χ3v) is 2.74. The molecule has 1 aromatic carbocycles. The van der Waals surface area contributed by atoms with Crippen molar-refractivity contribution in [3.63, 3.8) is 0 Å². The lowest BCUT2D eigenvalue weighted by Crippen LogP contribution is -2.34. The second kappa shape index (κ2) is 4.47. The Labute approximate surface area is 109 Å². The van der Waals surface area contributed by atoms with E-state index in [1.807, 2.05) is 58.9 Å². The van der Waals surface area contributed by atoms with Gasteiger partial charge < -0.3 is 14.2 Å². The van der Waals surface area contributed by atoms with Crippen molar-refractivity contribution >= 4 is 0 Å². The standard InChI is InChI=1S/C15H22O3/c1-14(2,3)17-11-6-8-12(9-7-11)18-15(4,5)13-10-16-13/h6-9,13H,10H2,1-5H3. The molecule has 0 aliphatic carbocycles. The van der Waals surface area contributed by atoms with Crippen LogP contribution < -0.4 is 9.47 Å². The molecule has 1 unspecified atom stereocenters. The van der Waals surface area contributed by atoms with Crippen LogP contribution in [0.1, 0.15) is 34.6 Å². The van der Waals surface area contributed by atoms with E-state index in [9.17, 15) is 0 Å². The van der Waals surface area contributed by atoms with Crippen molar-refractivity contribution < 1.29 is 14.2 Å². The summed E-state index contributed by atoms with van der Waals surface area (Å²) < 4.78 is 17.0. The maximum absolute atomic E-state index is 5.93. The average Bonchev–Trinajstić information content (AvgIpc) is 3.01. The van der Waals surface area contributed by atoms with Crippen molar-refractivity contribution in [2.45, 2.75) is 51.9 Å². The van der Waals surface area contributed by atoms with Gasteiger partial charge in [-0.15, -0.1) is 0 Å². The minimum Gasteiger partial charge on any atom is -0.488 e. The lowest BCUT2D eigenvalue weighted by Gasteiger charge is -2.25. The summed E-state index contributed by atoms with van der Waals surface area (Å²) in [7, 11) is 0. The van der Waals surface area contributed by atoms with Crippen LogP contribution in [0.15, 0.2) is 24.3 Å². The molecule has 3 nitrogen and oxygen atoms in total. The lowest BCUT2D eigenvalue weighted by atomic mass is 10.1. The highest BCUT2D eigenvalue weighted by Gasteiger charge is 2.41. The van der Waals surface area contributed by atoms with Crippen LogP contribution in [0.25, 0.3) is 0 Å². The molecule has 0 bridgehead atoms. The van der Waals surface area contributed by atoms with Crippen LogP contribution in [0.3, 0.4) is 0 Å². The fraction of sp³-hybridized carbons (Fsp3) is 0.600. The highest BCUT2D eigenvalue weighted by atomic mass is 16.6. The molecule has 1 aliphatic rings. The molecule has 0 amide bonds. The molecule has 0 spiro atoms. The van der Waals surface area contributed by atoms with E-state index in [1.54, 1.807) is 0 Å². The largest absolute Gasteiger partial charge is 0.488 e. The fourth-order valence-corrected chi connectivity index (χ4v) is 1.75. The minimum absolute atomic E-state index is 0.177. The Morgan fingerprint density at radius 1 is 0.944 bits per heavy atom. The Morgan fingerprint density at radius 3 is 1.78 bits per heavy atom. The van der Waals surface area contributed by atoms with Crippen molar-refractivity contribution in [2.24, 2.45) is 0 Å². The summed E-state index contributed by atoms with van der Waals surface area (Å²) in [6.07, 6.45) is 0.211. The number of ether oxygens (including phenoxy) is 3. The maximum Gasteiger partial charge on any atom is 0.132 e. The number of hydrogen-bond donors (Lipinski definition) is 0. The summed E-state index contributed by atoms with van der Waals surface area (Å²) in [5.74, 6) is 1.70. The van der Waals surface area contributed by atoms with Gasteiger partial charge in [0.2, 0.25) is 0 Å². The highest BCUT2D eigenvalue weighted by Crippen LogP contribution is 2.30. The first-order valence-electron chi connectivity index (χ1n) is 6.36. The molecule has 1 heterocycles. The first-order chi connectivity index (χ1) is 8.26. The van der Waals surface area contributed by atoms with E-state index in [-0.39, 0.29) is 17.3 Å². The Hall–Kier alpha value is -1.22. The van der Waals surface area contributed by atoms with E-state index in [1.165, 1.54) is 0 Å². The predicted molar refractivity (Wildman–Crippen MR) is 71.3 cm³/mol. The second-order valence-electron chi connectivity index (χ2n) is 6.21. The normalized spacial score (nSPS) is 19.5. The second-order valence-corrected chi connectivity index (χ2v) is 6.21. The summed E-state index contributed by atoms with van der Waals surface area (Å²) in [5, 5.41) is 0. The van der Waals surface area contributed by atoms with Crippen molar-refractivity contribution in [1.29, 1.82) is 0 Å². The minimum atomic E-state index is -0.271. The monoisotopic (exact) mass is 250 g/mol. The maximum atomic E-state index is 5.93. The third kappa shape index (κ3) is 3.64. The van der Waals surface area contributed by atoms with E-state index in [0.717, 1.165) is 18.1 Å². The Bertz CT molecular complexity index is 397. The van der Waals surface area contributed by atoms with Gasteiger partial charge in [0, 0.05) is 0 Å². The van der Waals surface area contributed by atoms with Crippen LogP contribution in [0.2, 0.25) is 0 Å². The summed E-state index contributed by atoms with van der Waals surface area (Å²) in [5.41, 5.74) is -0.449.